The molecule has 1 aromatic rings. The number of nitrogens with zero attached hydrogens (tertiary/aromatic N) is 2. The maximum atomic E-state index is 13.5. The highest BCUT2D eigenvalue weighted by Gasteiger charge is 2.13. The maximum Gasteiger partial charge on any atom is 0.147 e. The van der Waals surface area contributed by atoms with Gasteiger partial charge in [0, 0.05) is 13.1 Å². The van der Waals surface area contributed by atoms with Gasteiger partial charge in [-0.2, -0.15) is 5.26 Å². The van der Waals surface area contributed by atoms with Gasteiger partial charge in [0.05, 0.1) is 23.9 Å². The van der Waals surface area contributed by atoms with E-state index >= 15 is 0 Å². The van der Waals surface area contributed by atoms with Crippen molar-refractivity contribution in [3.05, 3.63) is 29.6 Å². The van der Waals surface area contributed by atoms with Gasteiger partial charge >= 0.3 is 0 Å². The topological polar surface area (TPSA) is 47.3 Å². The summed E-state index contributed by atoms with van der Waals surface area (Å²) in [4.78, 5) is 1.64. The zero-order valence-corrected chi connectivity index (χ0v) is 8.74. The summed E-state index contributed by atoms with van der Waals surface area (Å²) in [5.74, 6) is -0.447. The maximum absolute atomic E-state index is 13.5. The molecule has 0 radical (unpaired) electrons. The van der Waals surface area contributed by atoms with Crippen molar-refractivity contribution in [3.63, 3.8) is 0 Å². The van der Waals surface area contributed by atoms with Gasteiger partial charge in [-0.1, -0.05) is 0 Å². The summed E-state index contributed by atoms with van der Waals surface area (Å²) in [5.41, 5.74) is 0.678. The molecule has 0 bridgehead atoms. The fourth-order valence-corrected chi connectivity index (χ4v) is 1.22. The van der Waals surface area contributed by atoms with E-state index in [1.54, 1.807) is 31.0 Å². The van der Waals surface area contributed by atoms with Crippen LogP contribution in [-0.4, -0.2) is 24.8 Å². The lowest BCUT2D eigenvalue weighted by Crippen LogP contribution is -2.32. The molecule has 1 N–H and O–H groups in total. The monoisotopic (exact) mass is 208 g/mol. The van der Waals surface area contributed by atoms with Crippen LogP contribution in [0.4, 0.5) is 10.1 Å². The molecule has 0 saturated heterocycles. The van der Waals surface area contributed by atoms with E-state index in [9.17, 15) is 4.39 Å². The van der Waals surface area contributed by atoms with Crippen molar-refractivity contribution in [2.75, 3.05) is 18.6 Å². The number of aliphatic hydroxyl groups excluding tert-OH is 1. The normalized spacial score (nSPS) is 11.9. The first kappa shape index (κ1) is 11.5. The van der Waals surface area contributed by atoms with Crippen molar-refractivity contribution in [1.29, 1.82) is 5.26 Å². The van der Waals surface area contributed by atoms with E-state index in [1.807, 2.05) is 6.07 Å². The summed E-state index contributed by atoms with van der Waals surface area (Å²) in [6, 6.07) is 6.00. The van der Waals surface area contributed by atoms with Gasteiger partial charge in [-0.05, 0) is 25.1 Å². The quantitative estimate of drug-likeness (QED) is 0.819. The van der Waals surface area contributed by atoms with Gasteiger partial charge in [-0.25, -0.2) is 4.39 Å². The van der Waals surface area contributed by atoms with Gasteiger partial charge in [0.15, 0.2) is 0 Å². The predicted molar refractivity (Wildman–Crippen MR) is 56.1 cm³/mol. The summed E-state index contributed by atoms with van der Waals surface area (Å²) in [6.07, 6.45) is 0. The largest absolute Gasteiger partial charge is 0.394 e. The van der Waals surface area contributed by atoms with E-state index in [0.29, 0.717) is 11.3 Å². The van der Waals surface area contributed by atoms with Crippen LogP contribution in [0.15, 0.2) is 18.2 Å². The van der Waals surface area contributed by atoms with Gasteiger partial charge in [0.1, 0.15) is 5.82 Å². The fourth-order valence-electron chi connectivity index (χ4n) is 1.22. The Morgan fingerprint density at radius 1 is 1.60 bits per heavy atom. The second kappa shape index (κ2) is 4.76. The van der Waals surface area contributed by atoms with Crippen LogP contribution in [-0.2, 0) is 0 Å². The third-order valence-electron chi connectivity index (χ3n) is 2.38. The van der Waals surface area contributed by atoms with Crippen LogP contribution >= 0.6 is 0 Å². The van der Waals surface area contributed by atoms with Crippen molar-refractivity contribution in [2.45, 2.75) is 13.0 Å². The molecule has 0 fully saturated rings. The zero-order valence-electron chi connectivity index (χ0n) is 8.74. The second-order valence-electron chi connectivity index (χ2n) is 3.42. The number of nitriles is 1. The molecule has 0 aromatic heterocycles. The Balaban J connectivity index is 3.01. The molecular formula is C11H13FN2O. The Kier molecular flexibility index (Phi) is 3.64. The SMILES string of the molecule is CC(CO)N(C)c1ccc(C#N)cc1F. The summed E-state index contributed by atoms with van der Waals surface area (Å²) in [6.45, 7) is 1.74. The molecule has 1 rings (SSSR count). The number of benzene rings is 1. The summed E-state index contributed by atoms with van der Waals surface area (Å²) in [7, 11) is 1.70. The highest BCUT2D eigenvalue weighted by atomic mass is 19.1. The Labute approximate surface area is 88.4 Å². The van der Waals surface area contributed by atoms with Crippen molar-refractivity contribution in [1.82, 2.24) is 0 Å². The lowest BCUT2D eigenvalue weighted by atomic mass is 10.2. The molecule has 80 valence electrons. The molecule has 1 unspecified atom stereocenters. The number of hydrogen-bond acceptors (Lipinski definition) is 3. The van der Waals surface area contributed by atoms with Crippen molar-refractivity contribution >= 4 is 5.69 Å². The standard InChI is InChI=1S/C11H13FN2O/c1-8(7-15)14(2)11-4-3-9(6-13)5-10(11)12/h3-5,8,15H,7H2,1-2H3. The van der Waals surface area contributed by atoms with Gasteiger partial charge in [-0.15, -0.1) is 0 Å². The summed E-state index contributed by atoms with van der Waals surface area (Å²) in [5, 5.41) is 17.5. The van der Waals surface area contributed by atoms with Crippen LogP contribution in [0, 0.1) is 17.1 Å². The first-order valence-corrected chi connectivity index (χ1v) is 4.63. The lowest BCUT2D eigenvalue weighted by molar-refractivity contribution is 0.269. The fraction of sp³-hybridized carbons (Fsp3) is 0.364. The van der Waals surface area contributed by atoms with Gasteiger partial charge in [-0.3, -0.25) is 0 Å². The number of likely N-dealkylation sites (N-methyl/N-ethyl adjacent to an activating group) is 1. The highest BCUT2D eigenvalue weighted by Crippen LogP contribution is 2.20. The van der Waals surface area contributed by atoms with E-state index in [2.05, 4.69) is 0 Å². The van der Waals surface area contributed by atoms with Crippen molar-refractivity contribution in [3.8, 4) is 6.07 Å². The Hall–Kier alpha value is -1.60. The van der Waals surface area contributed by atoms with Crippen LogP contribution < -0.4 is 4.90 Å². The number of aliphatic hydroxyl groups is 1. The number of hydrogen-bond donors (Lipinski definition) is 1. The molecule has 3 nitrogen and oxygen atoms in total. The molecule has 15 heavy (non-hydrogen) atoms. The zero-order chi connectivity index (χ0) is 11.4. The Morgan fingerprint density at radius 2 is 2.27 bits per heavy atom. The molecule has 0 amide bonds. The minimum atomic E-state index is -0.447. The van der Waals surface area contributed by atoms with Gasteiger partial charge in [0.2, 0.25) is 0 Å². The molecule has 1 aromatic carbocycles. The molecule has 4 heteroatoms. The molecule has 0 aliphatic heterocycles. The third-order valence-corrected chi connectivity index (χ3v) is 2.38. The summed E-state index contributed by atoms with van der Waals surface area (Å²) >= 11 is 0. The van der Waals surface area contributed by atoms with Crippen LogP contribution in [0.1, 0.15) is 12.5 Å². The van der Waals surface area contributed by atoms with E-state index in [1.165, 1.54) is 6.07 Å². The van der Waals surface area contributed by atoms with Crippen LogP contribution in [0.25, 0.3) is 0 Å². The molecule has 0 aliphatic carbocycles. The number of halogens is 1. The third kappa shape index (κ3) is 2.45. The Bertz CT molecular complexity index is 387. The molecule has 1 atom stereocenters. The lowest BCUT2D eigenvalue weighted by Gasteiger charge is -2.25. The number of anilines is 1. The van der Waals surface area contributed by atoms with E-state index in [0.717, 1.165) is 0 Å². The van der Waals surface area contributed by atoms with E-state index in [4.69, 9.17) is 10.4 Å². The molecule has 0 aliphatic rings. The van der Waals surface area contributed by atoms with E-state index in [-0.39, 0.29) is 12.6 Å². The van der Waals surface area contributed by atoms with Gasteiger partial charge < -0.3 is 10.0 Å². The number of rotatable bonds is 3. The van der Waals surface area contributed by atoms with Crippen LogP contribution in [0.3, 0.4) is 0 Å². The molecular weight excluding hydrogens is 195 g/mol. The first-order chi connectivity index (χ1) is 7.10. The van der Waals surface area contributed by atoms with Gasteiger partial charge in [0.25, 0.3) is 0 Å². The highest BCUT2D eigenvalue weighted by molar-refractivity contribution is 5.51. The molecule has 0 saturated carbocycles. The minimum absolute atomic E-state index is 0.0457. The minimum Gasteiger partial charge on any atom is -0.394 e. The molecule has 0 spiro atoms. The van der Waals surface area contributed by atoms with Crippen LogP contribution in [0.2, 0.25) is 0 Å². The van der Waals surface area contributed by atoms with E-state index < -0.39 is 5.82 Å². The van der Waals surface area contributed by atoms with Crippen LogP contribution in [0.5, 0.6) is 0 Å². The average molecular weight is 208 g/mol. The Morgan fingerprint density at radius 3 is 2.73 bits per heavy atom. The van der Waals surface area contributed by atoms with Crippen molar-refractivity contribution < 1.29 is 9.50 Å². The second-order valence-corrected chi connectivity index (χ2v) is 3.42. The average Bonchev–Trinajstić information content (AvgIpc) is 2.26. The smallest absolute Gasteiger partial charge is 0.147 e. The first-order valence-electron chi connectivity index (χ1n) is 4.63. The predicted octanol–water partition coefficient (Wildman–Crippen LogP) is 1.51. The molecule has 0 heterocycles. The van der Waals surface area contributed by atoms with Crippen molar-refractivity contribution in [2.24, 2.45) is 0 Å². The summed E-state index contributed by atoms with van der Waals surface area (Å²) < 4.78 is 13.5.